The van der Waals surface area contributed by atoms with Crippen molar-refractivity contribution in [1.29, 1.82) is 0 Å². The molecule has 0 atom stereocenters. The van der Waals surface area contributed by atoms with Gasteiger partial charge in [-0.2, -0.15) is 4.98 Å². The van der Waals surface area contributed by atoms with Crippen LogP contribution in [0.3, 0.4) is 0 Å². The molecule has 7 heteroatoms. The van der Waals surface area contributed by atoms with Crippen LogP contribution in [0.1, 0.15) is 0 Å². The molecule has 0 unspecified atom stereocenters. The zero-order valence-electron chi connectivity index (χ0n) is 12.7. The van der Waals surface area contributed by atoms with Crippen LogP contribution >= 0.6 is 0 Å². The Bertz CT molecular complexity index is 825. The minimum Gasteiger partial charge on any atom is -0.452 e. The Morgan fingerprint density at radius 1 is 0.917 bits per heavy atom. The highest BCUT2D eigenvalue weighted by Crippen LogP contribution is 2.28. The molecule has 0 spiro atoms. The van der Waals surface area contributed by atoms with Crippen molar-refractivity contribution in [3.63, 3.8) is 0 Å². The Labute approximate surface area is 138 Å². The van der Waals surface area contributed by atoms with Gasteiger partial charge in [0.25, 0.3) is 5.91 Å². The highest BCUT2D eigenvalue weighted by atomic mass is 16.5. The van der Waals surface area contributed by atoms with Crippen LogP contribution in [0, 0.1) is 0 Å². The molecule has 7 nitrogen and oxygen atoms in total. The highest BCUT2D eigenvalue weighted by Gasteiger charge is 2.14. The summed E-state index contributed by atoms with van der Waals surface area (Å²) < 4.78 is 5.23. The largest absolute Gasteiger partial charge is 0.452 e. The van der Waals surface area contributed by atoms with Crippen LogP contribution in [0.4, 0.5) is 0 Å². The number of nitrogens with zero attached hydrogens (tertiary/aromatic N) is 3. The highest BCUT2D eigenvalue weighted by molar-refractivity contribution is 5.78. The fourth-order valence-corrected chi connectivity index (χ4v) is 2.13. The van der Waals surface area contributed by atoms with Crippen LogP contribution in [0.25, 0.3) is 22.5 Å². The number of hydrazine groups is 1. The van der Waals surface area contributed by atoms with Crippen LogP contribution < -0.4 is 16.0 Å². The molecule has 0 saturated heterocycles. The average molecular weight is 321 g/mol. The van der Waals surface area contributed by atoms with E-state index in [1.807, 2.05) is 66.1 Å². The van der Waals surface area contributed by atoms with Gasteiger partial charge in [-0.25, -0.2) is 5.84 Å². The molecule has 1 heterocycles. The number of rotatable bonds is 5. The van der Waals surface area contributed by atoms with Crippen molar-refractivity contribution >= 4 is 5.91 Å². The Hall–Kier alpha value is -3.32. The smallest absolute Gasteiger partial charge is 0.336 e. The standard InChI is InChI=1S/C17H15N5O2/c18-20-14(23)11-24-17-19-15(12-7-3-1-4-8-12)16(21-22-17)13-9-5-2-6-10-13/h1-10H,11,18H2,(H,20,23). The van der Waals surface area contributed by atoms with Gasteiger partial charge in [0.05, 0.1) is 0 Å². The number of carbonyl (C=O) groups is 1. The Morgan fingerprint density at radius 3 is 2.08 bits per heavy atom. The molecule has 120 valence electrons. The fraction of sp³-hybridized carbons (Fsp3) is 0.0588. The normalized spacial score (nSPS) is 10.2. The molecular formula is C17H15N5O2. The first-order valence-electron chi connectivity index (χ1n) is 7.25. The van der Waals surface area contributed by atoms with E-state index < -0.39 is 5.91 Å². The van der Waals surface area contributed by atoms with Gasteiger partial charge in [-0.3, -0.25) is 10.2 Å². The maximum absolute atomic E-state index is 11.2. The lowest BCUT2D eigenvalue weighted by Gasteiger charge is -2.09. The van der Waals surface area contributed by atoms with Gasteiger partial charge in [0.2, 0.25) is 0 Å². The van der Waals surface area contributed by atoms with Crippen molar-refractivity contribution in [2.24, 2.45) is 5.84 Å². The zero-order chi connectivity index (χ0) is 16.8. The minimum atomic E-state index is -0.480. The zero-order valence-corrected chi connectivity index (χ0v) is 12.7. The molecule has 0 fully saturated rings. The molecule has 0 aliphatic rings. The number of carbonyl (C=O) groups excluding carboxylic acids is 1. The number of nitrogens with two attached hydrogens (primary N) is 1. The molecule has 3 N–H and O–H groups in total. The molecular weight excluding hydrogens is 306 g/mol. The van der Waals surface area contributed by atoms with Gasteiger partial charge in [-0.05, 0) is 0 Å². The van der Waals surface area contributed by atoms with Gasteiger partial charge in [0, 0.05) is 11.1 Å². The second-order valence-corrected chi connectivity index (χ2v) is 4.88. The Balaban J connectivity index is 2.02. The number of hydrogen-bond donors (Lipinski definition) is 2. The first-order valence-corrected chi connectivity index (χ1v) is 7.25. The van der Waals surface area contributed by atoms with Gasteiger partial charge in [0.1, 0.15) is 11.4 Å². The summed E-state index contributed by atoms with van der Waals surface area (Å²) in [5.74, 6) is 4.54. The second-order valence-electron chi connectivity index (χ2n) is 4.88. The van der Waals surface area contributed by atoms with E-state index in [9.17, 15) is 4.79 Å². The summed E-state index contributed by atoms with van der Waals surface area (Å²) in [4.78, 5) is 15.6. The van der Waals surface area contributed by atoms with Crippen molar-refractivity contribution < 1.29 is 9.53 Å². The van der Waals surface area contributed by atoms with Crippen LogP contribution in [-0.2, 0) is 4.79 Å². The van der Waals surface area contributed by atoms with Crippen LogP contribution in [0.15, 0.2) is 60.7 Å². The summed E-state index contributed by atoms with van der Waals surface area (Å²) in [5, 5.41) is 8.17. The maximum Gasteiger partial charge on any atom is 0.336 e. The number of nitrogens with one attached hydrogen (secondary N) is 1. The molecule has 2 aromatic carbocycles. The van der Waals surface area contributed by atoms with Crippen LogP contribution in [0.2, 0.25) is 0 Å². The van der Waals surface area contributed by atoms with Gasteiger partial charge >= 0.3 is 6.01 Å². The molecule has 0 saturated carbocycles. The van der Waals surface area contributed by atoms with E-state index in [1.165, 1.54) is 0 Å². The third-order valence-electron chi connectivity index (χ3n) is 3.26. The number of ether oxygens (including phenoxy) is 1. The van der Waals surface area contributed by atoms with Crippen LogP contribution in [-0.4, -0.2) is 27.7 Å². The molecule has 3 rings (SSSR count). The van der Waals surface area contributed by atoms with E-state index in [0.29, 0.717) is 11.4 Å². The van der Waals surface area contributed by atoms with E-state index in [-0.39, 0.29) is 12.6 Å². The van der Waals surface area contributed by atoms with Gasteiger partial charge in [0.15, 0.2) is 6.61 Å². The van der Waals surface area contributed by atoms with Crippen molar-refractivity contribution in [3.05, 3.63) is 60.7 Å². The third-order valence-corrected chi connectivity index (χ3v) is 3.26. The van der Waals surface area contributed by atoms with Crippen molar-refractivity contribution in [2.75, 3.05) is 6.61 Å². The van der Waals surface area contributed by atoms with Crippen molar-refractivity contribution in [2.45, 2.75) is 0 Å². The quantitative estimate of drug-likeness (QED) is 0.420. The summed E-state index contributed by atoms with van der Waals surface area (Å²) in [6, 6.07) is 19.2. The molecule has 1 amide bonds. The predicted octanol–water partition coefficient (Wildman–Crippen LogP) is 1.57. The first-order chi connectivity index (χ1) is 11.8. The number of amides is 1. The number of hydrogen-bond acceptors (Lipinski definition) is 6. The minimum absolute atomic E-state index is 0.0112. The topological polar surface area (TPSA) is 103 Å². The lowest BCUT2D eigenvalue weighted by Crippen LogP contribution is -2.34. The monoisotopic (exact) mass is 321 g/mol. The van der Waals surface area contributed by atoms with Crippen LogP contribution in [0.5, 0.6) is 6.01 Å². The van der Waals surface area contributed by atoms with Gasteiger partial charge < -0.3 is 4.74 Å². The van der Waals surface area contributed by atoms with E-state index in [1.54, 1.807) is 0 Å². The Kier molecular flexibility index (Phi) is 4.73. The summed E-state index contributed by atoms with van der Waals surface area (Å²) in [6.45, 7) is -0.281. The third kappa shape index (κ3) is 3.53. The number of aromatic nitrogens is 3. The lowest BCUT2D eigenvalue weighted by molar-refractivity contribution is -0.123. The molecule has 0 aliphatic heterocycles. The van der Waals surface area contributed by atoms with E-state index in [0.717, 1.165) is 11.1 Å². The van der Waals surface area contributed by atoms with Gasteiger partial charge in [-0.15, -0.1) is 5.10 Å². The average Bonchev–Trinajstić information content (AvgIpc) is 2.67. The van der Waals surface area contributed by atoms with Crippen molar-refractivity contribution in [1.82, 2.24) is 20.6 Å². The molecule has 3 aromatic rings. The SMILES string of the molecule is NNC(=O)COc1nnc(-c2ccccc2)c(-c2ccccc2)n1. The Morgan fingerprint density at radius 2 is 1.50 bits per heavy atom. The van der Waals surface area contributed by atoms with E-state index in [4.69, 9.17) is 10.6 Å². The summed E-state index contributed by atoms with van der Waals surface area (Å²) in [5.41, 5.74) is 5.01. The molecule has 0 bridgehead atoms. The van der Waals surface area contributed by atoms with E-state index >= 15 is 0 Å². The predicted molar refractivity (Wildman–Crippen MR) is 88.5 cm³/mol. The molecule has 0 aliphatic carbocycles. The van der Waals surface area contributed by atoms with Gasteiger partial charge in [-0.1, -0.05) is 65.8 Å². The number of benzene rings is 2. The molecule has 1 aromatic heterocycles. The van der Waals surface area contributed by atoms with E-state index in [2.05, 4.69) is 15.2 Å². The molecule has 24 heavy (non-hydrogen) atoms. The molecule has 0 radical (unpaired) electrons. The summed E-state index contributed by atoms with van der Waals surface area (Å²) in [7, 11) is 0. The second kappa shape index (κ2) is 7.30. The summed E-state index contributed by atoms with van der Waals surface area (Å²) in [6.07, 6.45) is 0. The maximum atomic E-state index is 11.2. The van der Waals surface area contributed by atoms with Crippen molar-refractivity contribution in [3.8, 4) is 28.5 Å². The lowest BCUT2D eigenvalue weighted by atomic mass is 10.0. The summed E-state index contributed by atoms with van der Waals surface area (Å²) >= 11 is 0. The first kappa shape index (κ1) is 15.6. The fourth-order valence-electron chi connectivity index (χ4n) is 2.13.